The normalized spacial score (nSPS) is 10.5. The third-order valence-corrected chi connectivity index (χ3v) is 4.05. The first-order valence-corrected chi connectivity index (χ1v) is 8.84. The third-order valence-electron chi connectivity index (χ3n) is 2.17. The Kier molecular flexibility index (Phi) is 5.93. The first-order valence-electron chi connectivity index (χ1n) is 5.67. The van der Waals surface area contributed by atoms with E-state index < -0.39 is 0 Å². The molecule has 0 aliphatic rings. The quantitative estimate of drug-likeness (QED) is 0.782. The number of amides is 1. The molecule has 1 N–H and O–H groups in total. The molecule has 8 heteroatoms. The van der Waals surface area contributed by atoms with E-state index in [1.54, 1.807) is 11.8 Å². The summed E-state index contributed by atoms with van der Waals surface area (Å²) in [7, 11) is 0. The number of aromatic nitrogens is 2. The molecule has 2 aromatic rings. The van der Waals surface area contributed by atoms with Gasteiger partial charge in [0, 0.05) is 10.2 Å². The van der Waals surface area contributed by atoms with Gasteiger partial charge in [0.15, 0.2) is 0 Å². The molecule has 0 fully saturated rings. The lowest BCUT2D eigenvalue weighted by molar-refractivity contribution is -0.113. The summed E-state index contributed by atoms with van der Waals surface area (Å²) < 4.78 is 6.34. The molecule has 0 atom stereocenters. The van der Waals surface area contributed by atoms with Crippen molar-refractivity contribution < 1.29 is 9.21 Å². The Morgan fingerprint density at radius 1 is 1.35 bits per heavy atom. The molecular weight excluding hydrogens is 362 g/mol. The fourth-order valence-electron chi connectivity index (χ4n) is 1.34. The molecule has 0 aliphatic carbocycles. The van der Waals surface area contributed by atoms with Crippen LogP contribution in [-0.4, -0.2) is 28.1 Å². The fourth-order valence-corrected chi connectivity index (χ4v) is 2.54. The molecule has 1 heterocycles. The lowest BCUT2D eigenvalue weighted by Gasteiger charge is -2.03. The summed E-state index contributed by atoms with van der Waals surface area (Å²) >= 11 is 6.18. The maximum Gasteiger partial charge on any atom is 0.277 e. The number of benzene rings is 1. The van der Waals surface area contributed by atoms with Crippen LogP contribution in [0.4, 0.5) is 5.69 Å². The highest BCUT2D eigenvalue weighted by molar-refractivity contribution is 9.10. The molecular formula is C12H12BrN3O2S2. The topological polar surface area (TPSA) is 68.0 Å². The van der Waals surface area contributed by atoms with Gasteiger partial charge in [0.25, 0.3) is 5.22 Å². The first-order chi connectivity index (χ1) is 9.67. The average Bonchev–Trinajstić information content (AvgIpc) is 2.87. The SMILES string of the molecule is CSCc1nnc(SCC(=O)Nc2ccc(Br)cc2)o1. The maximum atomic E-state index is 11.8. The number of carbonyl (C=O) groups excluding carboxylic acids is 1. The number of nitrogens with one attached hydrogen (secondary N) is 1. The third kappa shape index (κ3) is 4.84. The summed E-state index contributed by atoms with van der Waals surface area (Å²) in [5.74, 6) is 1.38. The number of thioether (sulfide) groups is 2. The van der Waals surface area contributed by atoms with Crippen LogP contribution in [0.25, 0.3) is 0 Å². The smallest absolute Gasteiger partial charge is 0.277 e. The molecule has 0 bridgehead atoms. The minimum absolute atomic E-state index is 0.109. The van der Waals surface area contributed by atoms with E-state index >= 15 is 0 Å². The van der Waals surface area contributed by atoms with Crippen molar-refractivity contribution in [3.63, 3.8) is 0 Å². The summed E-state index contributed by atoms with van der Waals surface area (Å²) in [4.78, 5) is 11.8. The molecule has 0 unspecified atom stereocenters. The van der Waals surface area contributed by atoms with Gasteiger partial charge in [0.1, 0.15) is 0 Å². The van der Waals surface area contributed by atoms with Crippen molar-refractivity contribution in [1.82, 2.24) is 10.2 Å². The number of nitrogens with zero attached hydrogens (tertiary/aromatic N) is 2. The summed E-state index contributed by atoms with van der Waals surface area (Å²) in [6.07, 6.45) is 1.96. The molecule has 0 aliphatic heterocycles. The molecule has 1 amide bonds. The highest BCUT2D eigenvalue weighted by atomic mass is 79.9. The second kappa shape index (κ2) is 7.70. The van der Waals surface area contributed by atoms with Gasteiger partial charge >= 0.3 is 0 Å². The molecule has 2 rings (SSSR count). The van der Waals surface area contributed by atoms with Crippen molar-refractivity contribution in [1.29, 1.82) is 0 Å². The Morgan fingerprint density at radius 3 is 2.80 bits per heavy atom. The predicted octanol–water partition coefficient (Wildman–Crippen LogP) is 3.43. The lowest BCUT2D eigenvalue weighted by atomic mass is 10.3. The highest BCUT2D eigenvalue weighted by Gasteiger charge is 2.09. The van der Waals surface area contributed by atoms with E-state index in [1.807, 2.05) is 30.5 Å². The minimum atomic E-state index is -0.109. The molecule has 5 nitrogen and oxygen atoms in total. The van der Waals surface area contributed by atoms with E-state index in [4.69, 9.17) is 4.42 Å². The summed E-state index contributed by atoms with van der Waals surface area (Å²) in [5.41, 5.74) is 0.757. The maximum absolute atomic E-state index is 11.8. The number of halogens is 1. The lowest BCUT2D eigenvalue weighted by Crippen LogP contribution is -2.13. The first kappa shape index (κ1) is 15.4. The van der Waals surface area contributed by atoms with Crippen molar-refractivity contribution in [3.05, 3.63) is 34.6 Å². The number of carbonyl (C=O) groups is 1. The minimum Gasteiger partial charge on any atom is -0.415 e. The number of hydrogen-bond donors (Lipinski definition) is 1. The summed E-state index contributed by atoms with van der Waals surface area (Å²) in [5, 5.41) is 11.0. The van der Waals surface area contributed by atoms with Gasteiger partial charge in [-0.2, -0.15) is 11.8 Å². The van der Waals surface area contributed by atoms with Gasteiger partial charge in [-0.05, 0) is 30.5 Å². The van der Waals surface area contributed by atoms with Crippen molar-refractivity contribution in [3.8, 4) is 0 Å². The van der Waals surface area contributed by atoms with Crippen LogP contribution in [0.1, 0.15) is 5.89 Å². The number of rotatable bonds is 6. The van der Waals surface area contributed by atoms with Crippen LogP contribution in [0, 0.1) is 0 Å². The van der Waals surface area contributed by atoms with Crippen LogP contribution >= 0.6 is 39.5 Å². The van der Waals surface area contributed by atoms with Crippen LogP contribution in [0.2, 0.25) is 0 Å². The molecule has 1 aromatic carbocycles. The second-order valence-electron chi connectivity index (χ2n) is 3.74. The predicted molar refractivity (Wildman–Crippen MR) is 85.0 cm³/mol. The molecule has 0 spiro atoms. The molecule has 0 radical (unpaired) electrons. The Labute approximate surface area is 133 Å². The number of anilines is 1. The average molecular weight is 374 g/mol. The Bertz CT molecular complexity index is 574. The van der Waals surface area contributed by atoms with Gasteiger partial charge in [-0.1, -0.05) is 27.7 Å². The zero-order valence-electron chi connectivity index (χ0n) is 10.6. The van der Waals surface area contributed by atoms with Gasteiger partial charge in [-0.25, -0.2) is 0 Å². The highest BCUT2D eigenvalue weighted by Crippen LogP contribution is 2.19. The second-order valence-corrected chi connectivity index (χ2v) is 6.45. The van der Waals surface area contributed by atoms with E-state index in [0.717, 1.165) is 10.2 Å². The molecule has 106 valence electrons. The van der Waals surface area contributed by atoms with Crippen molar-refractivity contribution in [2.24, 2.45) is 0 Å². The van der Waals surface area contributed by atoms with Crippen LogP contribution in [0.3, 0.4) is 0 Å². The standard InChI is InChI=1S/C12H12BrN3O2S2/c1-19-7-11-15-16-12(18-11)20-6-10(17)14-9-4-2-8(13)3-5-9/h2-5H,6-7H2,1H3,(H,14,17). The number of hydrogen-bond acceptors (Lipinski definition) is 6. The zero-order valence-corrected chi connectivity index (χ0v) is 13.8. The van der Waals surface area contributed by atoms with Crippen LogP contribution in [0.5, 0.6) is 0 Å². The van der Waals surface area contributed by atoms with Crippen molar-refractivity contribution in [2.75, 3.05) is 17.3 Å². The van der Waals surface area contributed by atoms with Crippen molar-refractivity contribution >= 4 is 51.0 Å². The van der Waals surface area contributed by atoms with Crippen LogP contribution in [0.15, 0.2) is 38.4 Å². The Hall–Kier alpha value is -0.990. The van der Waals surface area contributed by atoms with Crippen molar-refractivity contribution in [2.45, 2.75) is 11.0 Å². The monoisotopic (exact) mass is 373 g/mol. The Balaban J connectivity index is 1.80. The summed E-state index contributed by atoms with van der Waals surface area (Å²) in [6, 6.07) is 7.40. The Morgan fingerprint density at radius 2 is 2.10 bits per heavy atom. The fraction of sp³-hybridized carbons (Fsp3) is 0.250. The zero-order chi connectivity index (χ0) is 14.4. The van der Waals surface area contributed by atoms with Gasteiger partial charge in [-0.3, -0.25) is 4.79 Å². The van der Waals surface area contributed by atoms with Gasteiger partial charge in [-0.15, -0.1) is 10.2 Å². The van der Waals surface area contributed by atoms with Gasteiger partial charge in [0.05, 0.1) is 11.5 Å². The van der Waals surface area contributed by atoms with E-state index in [9.17, 15) is 4.79 Å². The largest absolute Gasteiger partial charge is 0.415 e. The van der Waals surface area contributed by atoms with Crippen LogP contribution < -0.4 is 5.32 Å². The van der Waals surface area contributed by atoms with E-state index in [0.29, 0.717) is 16.9 Å². The van der Waals surface area contributed by atoms with Crippen LogP contribution in [-0.2, 0) is 10.5 Å². The molecule has 1 aromatic heterocycles. The summed E-state index contributed by atoms with van der Waals surface area (Å²) in [6.45, 7) is 0. The van der Waals surface area contributed by atoms with E-state index in [1.165, 1.54) is 11.8 Å². The molecule has 0 saturated carbocycles. The molecule has 20 heavy (non-hydrogen) atoms. The van der Waals surface area contributed by atoms with E-state index in [2.05, 4.69) is 31.4 Å². The molecule has 0 saturated heterocycles. The van der Waals surface area contributed by atoms with Gasteiger partial charge in [0.2, 0.25) is 11.8 Å². The van der Waals surface area contributed by atoms with E-state index in [-0.39, 0.29) is 11.7 Å². The van der Waals surface area contributed by atoms with Gasteiger partial charge < -0.3 is 9.73 Å².